The van der Waals surface area contributed by atoms with E-state index in [1.54, 1.807) is 12.1 Å². The van der Waals surface area contributed by atoms with Crippen LogP contribution in [0, 0.1) is 5.82 Å². The monoisotopic (exact) mass is 259 g/mol. The van der Waals surface area contributed by atoms with Gasteiger partial charge in [0.1, 0.15) is 5.82 Å². The summed E-state index contributed by atoms with van der Waals surface area (Å²) in [5.41, 5.74) is 1.89. The van der Waals surface area contributed by atoms with E-state index in [9.17, 15) is 9.50 Å². The van der Waals surface area contributed by atoms with Crippen molar-refractivity contribution in [2.24, 2.45) is 0 Å². The summed E-state index contributed by atoms with van der Waals surface area (Å²) >= 11 is 0. The van der Waals surface area contributed by atoms with Crippen LogP contribution < -0.4 is 5.32 Å². The van der Waals surface area contributed by atoms with Gasteiger partial charge in [0.05, 0.1) is 6.10 Å². The Labute approximate surface area is 112 Å². The van der Waals surface area contributed by atoms with E-state index in [0.29, 0.717) is 6.54 Å². The van der Waals surface area contributed by atoms with E-state index in [2.05, 4.69) is 5.32 Å². The van der Waals surface area contributed by atoms with Crippen molar-refractivity contribution >= 4 is 0 Å². The molecular formula is C16H18FNO. The number of aliphatic hydroxyl groups is 1. The summed E-state index contributed by atoms with van der Waals surface area (Å²) in [6.07, 6.45) is -0.538. The molecule has 2 aromatic carbocycles. The average molecular weight is 259 g/mol. The first kappa shape index (κ1) is 13.7. The maximum atomic E-state index is 12.8. The van der Waals surface area contributed by atoms with Crippen LogP contribution in [0.25, 0.3) is 0 Å². The molecule has 3 heteroatoms. The zero-order valence-corrected chi connectivity index (χ0v) is 10.9. The molecule has 2 nitrogen and oxygen atoms in total. The topological polar surface area (TPSA) is 32.3 Å². The molecule has 0 aliphatic rings. The number of benzene rings is 2. The standard InChI is InChI=1S/C16H18FNO/c1-12(13-7-9-15(17)10-8-13)18-11-16(19)14-5-3-2-4-6-14/h2-10,12,16,18-19H,11H2,1H3/t12-,16?/m0/s1. The van der Waals surface area contributed by atoms with Crippen LogP contribution >= 0.6 is 0 Å². The van der Waals surface area contributed by atoms with E-state index < -0.39 is 6.10 Å². The van der Waals surface area contributed by atoms with Crippen LogP contribution in [-0.4, -0.2) is 11.7 Å². The molecule has 0 aliphatic carbocycles. The predicted octanol–water partition coefficient (Wildman–Crippen LogP) is 3.21. The van der Waals surface area contributed by atoms with Gasteiger partial charge in [-0.2, -0.15) is 0 Å². The van der Waals surface area contributed by atoms with Crippen molar-refractivity contribution in [1.29, 1.82) is 0 Å². The molecule has 0 bridgehead atoms. The first-order valence-corrected chi connectivity index (χ1v) is 6.38. The van der Waals surface area contributed by atoms with Crippen molar-refractivity contribution in [2.75, 3.05) is 6.54 Å². The van der Waals surface area contributed by atoms with E-state index >= 15 is 0 Å². The van der Waals surface area contributed by atoms with Gasteiger partial charge in [-0.25, -0.2) is 4.39 Å². The van der Waals surface area contributed by atoms with Gasteiger partial charge < -0.3 is 10.4 Å². The van der Waals surface area contributed by atoms with Gasteiger partial charge in [-0.1, -0.05) is 42.5 Å². The Hall–Kier alpha value is -1.71. The SMILES string of the molecule is C[C@H](NCC(O)c1ccccc1)c1ccc(F)cc1. The van der Waals surface area contributed by atoms with E-state index in [4.69, 9.17) is 0 Å². The van der Waals surface area contributed by atoms with Gasteiger partial charge in [0.25, 0.3) is 0 Å². The molecule has 2 rings (SSSR count). The van der Waals surface area contributed by atoms with Crippen molar-refractivity contribution in [2.45, 2.75) is 19.1 Å². The summed E-state index contributed by atoms with van der Waals surface area (Å²) < 4.78 is 12.8. The van der Waals surface area contributed by atoms with Crippen LogP contribution in [0.3, 0.4) is 0 Å². The summed E-state index contributed by atoms with van der Waals surface area (Å²) in [5.74, 6) is -0.236. The molecule has 1 unspecified atom stereocenters. The molecule has 0 radical (unpaired) electrons. The molecule has 2 aromatic rings. The molecule has 0 saturated carbocycles. The highest BCUT2D eigenvalue weighted by Crippen LogP contribution is 2.15. The molecule has 0 spiro atoms. The third kappa shape index (κ3) is 3.88. The molecule has 19 heavy (non-hydrogen) atoms. The maximum Gasteiger partial charge on any atom is 0.123 e. The Morgan fingerprint density at radius 3 is 2.26 bits per heavy atom. The normalized spacial score (nSPS) is 14.1. The van der Waals surface area contributed by atoms with E-state index in [0.717, 1.165) is 11.1 Å². The molecular weight excluding hydrogens is 241 g/mol. The third-order valence-electron chi connectivity index (χ3n) is 3.17. The Kier molecular flexibility index (Phi) is 4.66. The highest BCUT2D eigenvalue weighted by Gasteiger charge is 2.10. The lowest BCUT2D eigenvalue weighted by Gasteiger charge is -2.17. The number of hydrogen-bond donors (Lipinski definition) is 2. The first-order valence-electron chi connectivity index (χ1n) is 6.38. The summed E-state index contributed by atoms with van der Waals surface area (Å²) in [6.45, 7) is 2.45. The second-order valence-electron chi connectivity index (χ2n) is 4.61. The lowest BCUT2D eigenvalue weighted by Crippen LogP contribution is -2.24. The molecule has 0 heterocycles. The van der Waals surface area contributed by atoms with Gasteiger partial charge in [0.2, 0.25) is 0 Å². The molecule has 0 saturated heterocycles. The minimum Gasteiger partial charge on any atom is -0.387 e. The number of rotatable bonds is 5. The smallest absolute Gasteiger partial charge is 0.123 e. The van der Waals surface area contributed by atoms with Crippen LogP contribution in [0.4, 0.5) is 4.39 Å². The summed E-state index contributed by atoms with van der Waals surface area (Å²) in [4.78, 5) is 0. The Morgan fingerprint density at radius 1 is 1.00 bits per heavy atom. The summed E-state index contributed by atoms with van der Waals surface area (Å²) in [7, 11) is 0. The van der Waals surface area contributed by atoms with Crippen LogP contribution in [0.15, 0.2) is 54.6 Å². The molecule has 0 fully saturated rings. The molecule has 2 N–H and O–H groups in total. The predicted molar refractivity (Wildman–Crippen MR) is 74.2 cm³/mol. The molecule has 0 aliphatic heterocycles. The van der Waals surface area contributed by atoms with Crippen molar-refractivity contribution in [1.82, 2.24) is 5.32 Å². The fourth-order valence-electron chi connectivity index (χ4n) is 1.95. The second kappa shape index (κ2) is 6.45. The average Bonchev–Trinajstić information content (AvgIpc) is 2.46. The largest absolute Gasteiger partial charge is 0.387 e. The van der Waals surface area contributed by atoms with Crippen LogP contribution in [0.2, 0.25) is 0 Å². The minimum atomic E-state index is -0.538. The van der Waals surface area contributed by atoms with E-state index in [-0.39, 0.29) is 11.9 Å². The van der Waals surface area contributed by atoms with Gasteiger partial charge in [-0.05, 0) is 30.2 Å². The van der Waals surface area contributed by atoms with E-state index in [1.807, 2.05) is 37.3 Å². The molecule has 0 amide bonds. The van der Waals surface area contributed by atoms with Crippen molar-refractivity contribution in [3.63, 3.8) is 0 Å². The van der Waals surface area contributed by atoms with Crippen molar-refractivity contribution < 1.29 is 9.50 Å². The lowest BCUT2D eigenvalue weighted by atomic mass is 10.1. The number of aliphatic hydroxyl groups excluding tert-OH is 1. The fraction of sp³-hybridized carbons (Fsp3) is 0.250. The highest BCUT2D eigenvalue weighted by atomic mass is 19.1. The second-order valence-corrected chi connectivity index (χ2v) is 4.61. The summed E-state index contributed by atoms with van der Waals surface area (Å²) in [5, 5.41) is 13.3. The van der Waals surface area contributed by atoms with Crippen LogP contribution in [0.1, 0.15) is 30.2 Å². The van der Waals surface area contributed by atoms with Gasteiger partial charge in [-0.3, -0.25) is 0 Å². The first-order chi connectivity index (χ1) is 9.16. The lowest BCUT2D eigenvalue weighted by molar-refractivity contribution is 0.171. The Bertz CT molecular complexity index is 498. The number of halogens is 1. The Morgan fingerprint density at radius 2 is 1.63 bits per heavy atom. The van der Waals surface area contributed by atoms with Crippen molar-refractivity contribution in [3.8, 4) is 0 Å². The number of nitrogens with one attached hydrogen (secondary N) is 1. The third-order valence-corrected chi connectivity index (χ3v) is 3.17. The summed E-state index contributed by atoms with van der Waals surface area (Å²) in [6, 6.07) is 16.0. The van der Waals surface area contributed by atoms with Crippen molar-refractivity contribution in [3.05, 3.63) is 71.5 Å². The van der Waals surface area contributed by atoms with E-state index in [1.165, 1.54) is 12.1 Å². The molecule has 0 aromatic heterocycles. The van der Waals surface area contributed by atoms with Gasteiger partial charge in [0, 0.05) is 12.6 Å². The van der Waals surface area contributed by atoms with Gasteiger partial charge in [0.15, 0.2) is 0 Å². The molecule has 100 valence electrons. The number of hydrogen-bond acceptors (Lipinski definition) is 2. The quantitative estimate of drug-likeness (QED) is 0.864. The van der Waals surface area contributed by atoms with Crippen LogP contribution in [0.5, 0.6) is 0 Å². The highest BCUT2D eigenvalue weighted by molar-refractivity contribution is 5.20. The Balaban J connectivity index is 1.90. The van der Waals surface area contributed by atoms with Gasteiger partial charge >= 0.3 is 0 Å². The van der Waals surface area contributed by atoms with Crippen LogP contribution in [-0.2, 0) is 0 Å². The zero-order valence-electron chi connectivity index (χ0n) is 10.9. The molecule has 2 atom stereocenters. The fourth-order valence-corrected chi connectivity index (χ4v) is 1.95. The maximum absolute atomic E-state index is 12.8. The minimum absolute atomic E-state index is 0.0685. The zero-order chi connectivity index (χ0) is 13.7. The van der Waals surface area contributed by atoms with Gasteiger partial charge in [-0.15, -0.1) is 0 Å².